The van der Waals surface area contributed by atoms with E-state index in [9.17, 15) is 15.8 Å². The summed E-state index contributed by atoms with van der Waals surface area (Å²) < 4.78 is 12.2. The van der Waals surface area contributed by atoms with Crippen LogP contribution in [-0.2, 0) is 9.47 Å². The molecule has 0 aromatic heterocycles. The minimum absolute atomic E-state index is 0.326. The maximum atomic E-state index is 10.2. The normalized spacial score (nSPS) is 35.6. The Labute approximate surface area is 164 Å². The fourth-order valence-electron chi connectivity index (χ4n) is 5.15. The summed E-state index contributed by atoms with van der Waals surface area (Å²) in [5.74, 6) is -2.08. The third-order valence-corrected chi connectivity index (χ3v) is 6.42. The molecule has 6 nitrogen and oxygen atoms in total. The molecule has 1 N–H and O–H groups in total. The number of benzene rings is 1. The minimum atomic E-state index is -1.80. The molecule has 28 heavy (non-hydrogen) atoms. The largest absolute Gasteiger partial charge is 0.447 e. The van der Waals surface area contributed by atoms with Crippen molar-refractivity contribution < 1.29 is 9.47 Å². The highest BCUT2D eigenvalue weighted by Gasteiger charge is 2.80. The number of nitrogens with one attached hydrogen (secondary N) is 1. The molecule has 4 fully saturated rings. The molecule has 4 unspecified atom stereocenters. The highest BCUT2D eigenvalue weighted by Crippen LogP contribution is 2.66. The van der Waals surface area contributed by atoms with Crippen molar-refractivity contribution in [2.75, 3.05) is 0 Å². The zero-order valence-corrected chi connectivity index (χ0v) is 15.6. The van der Waals surface area contributed by atoms with Gasteiger partial charge in [0.05, 0.1) is 24.1 Å². The molecule has 140 valence electrons. The number of hydrogen-bond acceptors (Lipinski definition) is 6. The molecule has 2 bridgehead atoms. The first-order valence-corrected chi connectivity index (χ1v) is 9.42. The predicted octanol–water partition coefficient (Wildman–Crippen LogP) is 3.93. The summed E-state index contributed by atoms with van der Waals surface area (Å²) in [6.45, 7) is 1.82. The summed E-state index contributed by atoms with van der Waals surface area (Å²) in [6, 6.07) is 16.0. The Morgan fingerprint density at radius 3 is 2.50 bits per heavy atom. The Kier molecular flexibility index (Phi) is 4.03. The van der Waals surface area contributed by atoms with E-state index < -0.39 is 28.6 Å². The van der Waals surface area contributed by atoms with Gasteiger partial charge < -0.3 is 9.47 Å². The number of nitriles is 3. The maximum Gasteiger partial charge on any atom is 0.218 e. The Morgan fingerprint density at radius 1 is 1.14 bits per heavy atom. The molecule has 0 amide bonds. The molecular weight excluding hydrogens is 352 g/mol. The van der Waals surface area contributed by atoms with E-state index in [1.807, 2.05) is 43.3 Å². The van der Waals surface area contributed by atoms with E-state index in [1.54, 1.807) is 0 Å². The Hall–Kier alpha value is -3.14. The van der Waals surface area contributed by atoms with Gasteiger partial charge in [0.15, 0.2) is 10.8 Å². The van der Waals surface area contributed by atoms with Crippen molar-refractivity contribution in [3.63, 3.8) is 0 Å². The number of ether oxygens (including phenoxy) is 2. The lowest BCUT2D eigenvalue weighted by atomic mass is 9.48. The smallest absolute Gasteiger partial charge is 0.218 e. The molecule has 1 aliphatic carbocycles. The van der Waals surface area contributed by atoms with Crippen LogP contribution in [-0.4, -0.2) is 17.8 Å². The van der Waals surface area contributed by atoms with Gasteiger partial charge in [0, 0.05) is 6.42 Å². The molecule has 3 heterocycles. The second-order valence-electron chi connectivity index (χ2n) is 7.79. The first-order chi connectivity index (χ1) is 13.5. The van der Waals surface area contributed by atoms with E-state index in [-0.39, 0.29) is 5.90 Å². The van der Waals surface area contributed by atoms with Crippen molar-refractivity contribution in [1.82, 2.24) is 0 Å². The van der Waals surface area contributed by atoms with Gasteiger partial charge in [-0.1, -0.05) is 42.8 Å². The molecule has 3 aliphatic heterocycles. The lowest BCUT2D eigenvalue weighted by Gasteiger charge is -2.63. The van der Waals surface area contributed by atoms with Crippen LogP contribution in [0.15, 0.2) is 35.9 Å². The third kappa shape index (κ3) is 2.06. The monoisotopic (exact) mass is 372 g/mol. The average molecular weight is 372 g/mol. The van der Waals surface area contributed by atoms with Gasteiger partial charge >= 0.3 is 0 Å². The molecule has 1 aromatic carbocycles. The Morgan fingerprint density at radius 2 is 1.86 bits per heavy atom. The van der Waals surface area contributed by atoms with Crippen molar-refractivity contribution in [2.45, 2.75) is 44.5 Å². The van der Waals surface area contributed by atoms with Crippen LogP contribution >= 0.6 is 0 Å². The van der Waals surface area contributed by atoms with Gasteiger partial charge in [0.25, 0.3) is 0 Å². The minimum Gasteiger partial charge on any atom is -0.447 e. The second-order valence-corrected chi connectivity index (χ2v) is 7.79. The standard InChI is InChI=1S/C22H20N4O2/c1-15(11-16-7-3-2-4-8-16)18-21(14-25)19(26)28-22(27-18)10-6-5-9-17(22)20(21,12-23)13-24/h2-4,7-8,11,17-18,26H,5-6,9-10H2,1H3/b15-11+,26-19?. The zero-order chi connectivity index (χ0) is 20.0. The molecule has 3 saturated heterocycles. The van der Waals surface area contributed by atoms with Crippen molar-refractivity contribution in [3.05, 3.63) is 41.5 Å². The van der Waals surface area contributed by atoms with Crippen LogP contribution in [0.25, 0.3) is 6.08 Å². The van der Waals surface area contributed by atoms with Gasteiger partial charge in [-0.2, -0.15) is 15.8 Å². The van der Waals surface area contributed by atoms with Crippen LogP contribution in [0.4, 0.5) is 0 Å². The quantitative estimate of drug-likeness (QED) is 0.845. The van der Waals surface area contributed by atoms with Gasteiger partial charge in [0.1, 0.15) is 6.10 Å². The van der Waals surface area contributed by atoms with Crippen LogP contribution in [0, 0.1) is 56.2 Å². The summed E-state index contributed by atoms with van der Waals surface area (Å²) >= 11 is 0. The van der Waals surface area contributed by atoms with E-state index in [1.165, 1.54) is 0 Å². The lowest BCUT2D eigenvalue weighted by Crippen LogP contribution is -2.76. The first-order valence-electron chi connectivity index (χ1n) is 9.42. The van der Waals surface area contributed by atoms with Crippen molar-refractivity contribution >= 4 is 12.0 Å². The highest BCUT2D eigenvalue weighted by atomic mass is 16.7. The van der Waals surface area contributed by atoms with Gasteiger partial charge in [-0.15, -0.1) is 0 Å². The van der Waals surface area contributed by atoms with E-state index in [2.05, 4.69) is 18.2 Å². The third-order valence-electron chi connectivity index (χ3n) is 6.42. The topological polar surface area (TPSA) is 114 Å². The number of rotatable bonds is 2. The Balaban J connectivity index is 1.93. The second kappa shape index (κ2) is 6.20. The number of nitrogens with zero attached hydrogens (tertiary/aromatic N) is 3. The van der Waals surface area contributed by atoms with Gasteiger partial charge in [-0.05, 0) is 30.9 Å². The number of fused-ring (bicyclic) bond motifs is 2. The molecule has 6 heteroatoms. The van der Waals surface area contributed by atoms with Gasteiger partial charge in [0.2, 0.25) is 11.7 Å². The van der Waals surface area contributed by atoms with Crippen LogP contribution in [0.3, 0.4) is 0 Å². The number of hydrogen-bond donors (Lipinski definition) is 1. The van der Waals surface area contributed by atoms with Crippen LogP contribution in [0.1, 0.15) is 38.2 Å². The van der Waals surface area contributed by atoms with Crippen molar-refractivity contribution in [1.29, 1.82) is 21.2 Å². The molecular formula is C22H20N4O2. The van der Waals surface area contributed by atoms with Crippen LogP contribution < -0.4 is 0 Å². The van der Waals surface area contributed by atoms with Gasteiger partial charge in [-0.3, -0.25) is 5.41 Å². The van der Waals surface area contributed by atoms with Crippen LogP contribution in [0.2, 0.25) is 0 Å². The summed E-state index contributed by atoms with van der Waals surface area (Å²) in [4.78, 5) is 0. The summed E-state index contributed by atoms with van der Waals surface area (Å²) in [7, 11) is 0. The summed E-state index contributed by atoms with van der Waals surface area (Å²) in [6.07, 6.45) is 3.71. The average Bonchev–Trinajstić information content (AvgIpc) is 2.72. The molecule has 1 spiro atoms. The predicted molar refractivity (Wildman–Crippen MR) is 100 cm³/mol. The fourth-order valence-corrected chi connectivity index (χ4v) is 5.15. The molecule has 4 aliphatic rings. The highest BCUT2D eigenvalue weighted by molar-refractivity contribution is 5.89. The summed E-state index contributed by atoms with van der Waals surface area (Å²) in [5.41, 5.74) is -1.87. The zero-order valence-electron chi connectivity index (χ0n) is 15.6. The van der Waals surface area contributed by atoms with E-state index in [4.69, 9.17) is 14.9 Å². The van der Waals surface area contributed by atoms with E-state index >= 15 is 0 Å². The SMILES string of the molecule is C/C(=C\c1ccccc1)C1OC23CCCCC2C(C#N)(C#N)C1(C#N)C(=N)O3. The van der Waals surface area contributed by atoms with Gasteiger partial charge in [-0.25, -0.2) is 0 Å². The van der Waals surface area contributed by atoms with E-state index in [0.29, 0.717) is 18.4 Å². The first kappa shape index (κ1) is 18.2. The lowest BCUT2D eigenvalue weighted by molar-refractivity contribution is -0.349. The molecule has 1 saturated carbocycles. The summed E-state index contributed by atoms with van der Waals surface area (Å²) in [5, 5.41) is 39.1. The maximum absolute atomic E-state index is 10.2. The van der Waals surface area contributed by atoms with Crippen molar-refractivity contribution in [2.24, 2.45) is 16.7 Å². The van der Waals surface area contributed by atoms with Crippen LogP contribution in [0.5, 0.6) is 0 Å². The molecule has 1 aromatic rings. The van der Waals surface area contributed by atoms with E-state index in [0.717, 1.165) is 18.4 Å². The Bertz CT molecular complexity index is 967. The molecule has 4 atom stereocenters. The fraction of sp³-hybridized carbons (Fsp3) is 0.455. The molecule has 5 rings (SSSR count). The van der Waals surface area contributed by atoms with Crippen molar-refractivity contribution in [3.8, 4) is 18.2 Å². The molecule has 0 radical (unpaired) electrons.